The minimum absolute atomic E-state index is 0.158. The van der Waals surface area contributed by atoms with Crippen LogP contribution in [0.1, 0.15) is 20.8 Å². The van der Waals surface area contributed by atoms with E-state index in [2.05, 4.69) is 26.1 Å². The molecule has 80 valence electrons. The lowest BCUT2D eigenvalue weighted by molar-refractivity contribution is -0.0903. The highest BCUT2D eigenvalue weighted by Gasteiger charge is 2.62. The molecule has 0 saturated carbocycles. The molecule has 2 heterocycles. The summed E-state index contributed by atoms with van der Waals surface area (Å²) in [7, 11) is 0. The molecule has 0 aromatic carbocycles. The first-order chi connectivity index (χ1) is 6.38. The molecule has 2 rings (SSSR count). The summed E-state index contributed by atoms with van der Waals surface area (Å²) in [4.78, 5) is 12.5. The highest BCUT2D eigenvalue weighted by Crippen LogP contribution is 2.52. The average molecular weight is 198 g/mol. The highest BCUT2D eigenvalue weighted by atomic mass is 16.4. The molecule has 0 unspecified atom stereocenters. The monoisotopic (exact) mass is 198 g/mol. The molecule has 0 aromatic heterocycles. The van der Waals surface area contributed by atoms with Crippen LogP contribution in [0, 0.1) is 10.8 Å². The van der Waals surface area contributed by atoms with E-state index in [1.807, 2.05) is 0 Å². The van der Waals surface area contributed by atoms with Gasteiger partial charge >= 0.3 is 6.09 Å². The number of hydrogen-bond donors (Lipinski definition) is 2. The predicted octanol–water partition coefficient (Wildman–Crippen LogP) is 0.984. The molecule has 0 bridgehead atoms. The molecule has 0 radical (unpaired) electrons. The predicted molar refractivity (Wildman–Crippen MR) is 53.3 cm³/mol. The van der Waals surface area contributed by atoms with Gasteiger partial charge in [0.1, 0.15) is 0 Å². The number of nitrogens with zero attached hydrogens (tertiary/aromatic N) is 1. The minimum Gasteiger partial charge on any atom is -0.465 e. The second-order valence-electron chi connectivity index (χ2n) is 5.46. The summed E-state index contributed by atoms with van der Waals surface area (Å²) in [6.45, 7) is 9.04. The summed E-state index contributed by atoms with van der Waals surface area (Å²) >= 11 is 0. The maximum Gasteiger partial charge on any atom is 0.407 e. The Bertz CT molecular complexity index is 272. The van der Waals surface area contributed by atoms with Crippen molar-refractivity contribution in [3.63, 3.8) is 0 Å². The third-order valence-electron chi connectivity index (χ3n) is 3.98. The van der Waals surface area contributed by atoms with Crippen LogP contribution in [-0.4, -0.2) is 41.8 Å². The van der Waals surface area contributed by atoms with Gasteiger partial charge < -0.3 is 15.3 Å². The second-order valence-corrected chi connectivity index (χ2v) is 5.46. The van der Waals surface area contributed by atoms with E-state index in [1.54, 1.807) is 4.90 Å². The zero-order valence-corrected chi connectivity index (χ0v) is 9.00. The van der Waals surface area contributed by atoms with E-state index >= 15 is 0 Å². The van der Waals surface area contributed by atoms with Gasteiger partial charge in [-0.2, -0.15) is 0 Å². The SMILES string of the molecule is CC(C)(C)[C@]12CNC[C@H]1N(C(=O)O)C2. The number of nitrogens with one attached hydrogen (secondary N) is 1. The normalized spacial score (nSPS) is 36.5. The van der Waals surface area contributed by atoms with Crippen LogP contribution in [0.25, 0.3) is 0 Å². The second kappa shape index (κ2) is 2.63. The zero-order chi connectivity index (χ0) is 10.6. The van der Waals surface area contributed by atoms with Gasteiger partial charge in [-0.25, -0.2) is 4.79 Å². The highest BCUT2D eigenvalue weighted by molar-refractivity contribution is 5.67. The van der Waals surface area contributed by atoms with Gasteiger partial charge in [0.15, 0.2) is 0 Å². The van der Waals surface area contributed by atoms with E-state index in [-0.39, 0.29) is 16.9 Å². The first-order valence-electron chi connectivity index (χ1n) is 5.09. The van der Waals surface area contributed by atoms with Crippen LogP contribution >= 0.6 is 0 Å². The van der Waals surface area contributed by atoms with E-state index in [1.165, 1.54) is 0 Å². The van der Waals surface area contributed by atoms with Crippen LogP contribution in [0.2, 0.25) is 0 Å². The van der Waals surface area contributed by atoms with Gasteiger partial charge in [-0.1, -0.05) is 20.8 Å². The van der Waals surface area contributed by atoms with Gasteiger partial charge in [-0.15, -0.1) is 0 Å². The first-order valence-corrected chi connectivity index (χ1v) is 5.09. The van der Waals surface area contributed by atoms with Crippen molar-refractivity contribution in [1.29, 1.82) is 0 Å². The molecule has 0 aliphatic carbocycles. The number of fused-ring (bicyclic) bond motifs is 1. The van der Waals surface area contributed by atoms with Crippen molar-refractivity contribution >= 4 is 6.09 Å². The average Bonchev–Trinajstić information content (AvgIpc) is 2.26. The van der Waals surface area contributed by atoms with Crippen molar-refractivity contribution in [2.45, 2.75) is 26.8 Å². The minimum atomic E-state index is -0.779. The van der Waals surface area contributed by atoms with Crippen molar-refractivity contribution < 1.29 is 9.90 Å². The quantitative estimate of drug-likeness (QED) is 0.610. The Balaban J connectivity index is 2.21. The van der Waals surface area contributed by atoms with Gasteiger partial charge in [0.25, 0.3) is 0 Å². The largest absolute Gasteiger partial charge is 0.465 e. The number of carboxylic acid groups (broad SMARTS) is 1. The smallest absolute Gasteiger partial charge is 0.407 e. The van der Waals surface area contributed by atoms with Crippen LogP contribution in [0.5, 0.6) is 0 Å². The Morgan fingerprint density at radius 3 is 2.71 bits per heavy atom. The Kier molecular flexibility index (Phi) is 1.83. The van der Waals surface area contributed by atoms with Crippen molar-refractivity contribution in [1.82, 2.24) is 10.2 Å². The van der Waals surface area contributed by atoms with Crippen LogP contribution in [0.15, 0.2) is 0 Å². The number of carbonyl (C=O) groups is 1. The molecule has 2 aliphatic rings. The van der Waals surface area contributed by atoms with Crippen LogP contribution < -0.4 is 5.32 Å². The van der Waals surface area contributed by atoms with Gasteiger partial charge in [0.05, 0.1) is 6.04 Å². The Hall–Kier alpha value is -0.770. The lowest BCUT2D eigenvalue weighted by atomic mass is 9.58. The molecular formula is C10H18N2O2. The molecule has 0 spiro atoms. The fraction of sp³-hybridized carbons (Fsp3) is 0.900. The van der Waals surface area contributed by atoms with Crippen LogP contribution in [0.4, 0.5) is 4.79 Å². The molecule has 1 amide bonds. The maximum atomic E-state index is 10.9. The summed E-state index contributed by atoms with van der Waals surface area (Å²) in [5.41, 5.74) is 0.332. The molecule has 2 aliphatic heterocycles. The summed E-state index contributed by atoms with van der Waals surface area (Å²) in [6.07, 6.45) is -0.779. The topological polar surface area (TPSA) is 52.6 Å². The summed E-state index contributed by atoms with van der Waals surface area (Å²) < 4.78 is 0. The number of rotatable bonds is 0. The van der Waals surface area contributed by atoms with Crippen molar-refractivity contribution in [2.24, 2.45) is 10.8 Å². The third kappa shape index (κ3) is 1.00. The molecule has 14 heavy (non-hydrogen) atoms. The van der Waals surface area contributed by atoms with Gasteiger partial charge in [0, 0.05) is 25.0 Å². The Labute approximate surface area is 84.3 Å². The standard InChI is InChI=1S/C10H18N2O2/c1-9(2,3)10-5-11-4-7(10)12(6-10)8(13)14/h7,11H,4-6H2,1-3H3,(H,13,14)/t7-,10+/m1/s1. The first kappa shape index (κ1) is 9.77. The lowest BCUT2D eigenvalue weighted by Crippen LogP contribution is -2.70. The van der Waals surface area contributed by atoms with E-state index in [0.29, 0.717) is 6.54 Å². The van der Waals surface area contributed by atoms with E-state index in [9.17, 15) is 4.79 Å². The lowest BCUT2D eigenvalue weighted by Gasteiger charge is -2.58. The van der Waals surface area contributed by atoms with Gasteiger partial charge in [-0.3, -0.25) is 0 Å². The molecule has 2 fully saturated rings. The molecule has 4 nitrogen and oxygen atoms in total. The molecule has 0 aromatic rings. The third-order valence-corrected chi connectivity index (χ3v) is 3.98. The van der Waals surface area contributed by atoms with E-state index in [4.69, 9.17) is 5.11 Å². The Morgan fingerprint density at radius 2 is 2.21 bits per heavy atom. The van der Waals surface area contributed by atoms with Crippen LogP contribution in [0.3, 0.4) is 0 Å². The summed E-state index contributed by atoms with van der Waals surface area (Å²) in [5, 5.41) is 12.3. The zero-order valence-electron chi connectivity index (χ0n) is 9.00. The van der Waals surface area contributed by atoms with E-state index < -0.39 is 6.09 Å². The Morgan fingerprint density at radius 1 is 1.57 bits per heavy atom. The number of amides is 1. The van der Waals surface area contributed by atoms with Crippen molar-refractivity contribution in [2.75, 3.05) is 19.6 Å². The molecular weight excluding hydrogens is 180 g/mol. The van der Waals surface area contributed by atoms with Crippen molar-refractivity contribution in [3.8, 4) is 0 Å². The maximum absolute atomic E-state index is 10.9. The number of hydrogen-bond acceptors (Lipinski definition) is 2. The fourth-order valence-corrected chi connectivity index (χ4v) is 2.82. The molecule has 2 N–H and O–H groups in total. The van der Waals surface area contributed by atoms with E-state index in [0.717, 1.165) is 13.1 Å². The molecule has 2 saturated heterocycles. The summed E-state index contributed by atoms with van der Waals surface area (Å²) in [5.74, 6) is 0. The van der Waals surface area contributed by atoms with Crippen molar-refractivity contribution in [3.05, 3.63) is 0 Å². The van der Waals surface area contributed by atoms with Crippen LogP contribution in [-0.2, 0) is 0 Å². The van der Waals surface area contributed by atoms with Gasteiger partial charge in [-0.05, 0) is 5.41 Å². The fourth-order valence-electron chi connectivity index (χ4n) is 2.82. The molecule has 4 heteroatoms. The number of likely N-dealkylation sites (tertiary alicyclic amines) is 1. The summed E-state index contributed by atoms with van der Waals surface area (Å²) in [6, 6.07) is 0.181. The van der Waals surface area contributed by atoms with Gasteiger partial charge in [0.2, 0.25) is 0 Å². The molecule has 2 atom stereocenters.